The van der Waals surface area contributed by atoms with Gasteiger partial charge in [-0.25, -0.2) is 23.7 Å². The van der Waals surface area contributed by atoms with Gasteiger partial charge < -0.3 is 9.84 Å². The lowest BCUT2D eigenvalue weighted by Gasteiger charge is -2.10. The smallest absolute Gasteiger partial charge is 0.334 e. The highest BCUT2D eigenvalue weighted by molar-refractivity contribution is 5.72. The standard InChI is InChI=1S/C7H9N3O6/c1-16-3(4(11)12)2-10-6(14)8-5(13)9-7(10)15/h3H,2H2,1H3,(H,11,12)(H2,8,9,13,14,15). The number of ether oxygens (including phenoxy) is 1. The summed E-state index contributed by atoms with van der Waals surface area (Å²) in [4.78, 5) is 47.2. The molecule has 0 saturated heterocycles. The predicted molar refractivity (Wildman–Crippen MR) is 50.4 cm³/mol. The SMILES string of the molecule is COC(Cn1c(=O)[nH]c(=O)[nH]c1=O)C(=O)O. The molecule has 1 heterocycles. The highest BCUT2D eigenvalue weighted by Gasteiger charge is 2.19. The van der Waals surface area contributed by atoms with Crippen molar-refractivity contribution in [3.05, 3.63) is 31.5 Å². The third-order valence-electron chi connectivity index (χ3n) is 1.84. The van der Waals surface area contributed by atoms with Gasteiger partial charge in [-0.3, -0.25) is 9.97 Å². The lowest BCUT2D eigenvalue weighted by Crippen LogP contribution is -2.46. The molecule has 0 saturated carbocycles. The molecule has 1 unspecified atom stereocenters. The van der Waals surface area contributed by atoms with Gasteiger partial charge in [0.25, 0.3) is 0 Å². The van der Waals surface area contributed by atoms with Gasteiger partial charge in [-0.1, -0.05) is 0 Å². The van der Waals surface area contributed by atoms with Crippen molar-refractivity contribution in [3.63, 3.8) is 0 Å². The normalized spacial score (nSPS) is 12.3. The number of nitrogens with zero attached hydrogens (tertiary/aromatic N) is 1. The maximum atomic E-state index is 11.2. The van der Waals surface area contributed by atoms with E-state index in [1.165, 1.54) is 0 Å². The molecule has 1 aromatic heterocycles. The highest BCUT2D eigenvalue weighted by atomic mass is 16.5. The van der Waals surface area contributed by atoms with E-state index in [1.54, 1.807) is 9.97 Å². The fraction of sp³-hybridized carbons (Fsp3) is 0.429. The summed E-state index contributed by atoms with van der Waals surface area (Å²) in [5, 5.41) is 8.65. The maximum Gasteiger partial charge on any atom is 0.334 e. The minimum atomic E-state index is -1.34. The number of rotatable bonds is 4. The first-order valence-electron chi connectivity index (χ1n) is 4.14. The summed E-state index contributed by atoms with van der Waals surface area (Å²) in [6.07, 6.45) is -1.34. The second kappa shape index (κ2) is 4.57. The molecule has 0 spiro atoms. The van der Waals surface area contributed by atoms with Crippen LogP contribution >= 0.6 is 0 Å². The van der Waals surface area contributed by atoms with Crippen molar-refractivity contribution in [1.29, 1.82) is 0 Å². The Bertz CT molecular complexity index is 518. The molecule has 1 rings (SSSR count). The zero-order valence-electron chi connectivity index (χ0n) is 8.22. The Kier molecular flexibility index (Phi) is 3.40. The average molecular weight is 231 g/mol. The van der Waals surface area contributed by atoms with Crippen LogP contribution in [0.25, 0.3) is 0 Å². The third kappa shape index (κ3) is 2.45. The fourth-order valence-electron chi connectivity index (χ4n) is 1.04. The molecule has 1 atom stereocenters. The molecule has 0 bridgehead atoms. The van der Waals surface area contributed by atoms with E-state index >= 15 is 0 Å². The Morgan fingerprint density at radius 1 is 1.38 bits per heavy atom. The van der Waals surface area contributed by atoms with Gasteiger partial charge in [0, 0.05) is 7.11 Å². The van der Waals surface area contributed by atoms with E-state index in [0.29, 0.717) is 4.57 Å². The van der Waals surface area contributed by atoms with Gasteiger partial charge in [-0.15, -0.1) is 0 Å². The van der Waals surface area contributed by atoms with Crippen LogP contribution in [0.5, 0.6) is 0 Å². The minimum absolute atomic E-state index is 0.489. The van der Waals surface area contributed by atoms with Crippen molar-refractivity contribution in [2.75, 3.05) is 7.11 Å². The molecule has 0 fully saturated rings. The zero-order valence-corrected chi connectivity index (χ0v) is 8.22. The summed E-state index contributed by atoms with van der Waals surface area (Å²) in [6, 6.07) is 0. The molecule has 1 aromatic rings. The average Bonchev–Trinajstić information content (AvgIpc) is 2.15. The van der Waals surface area contributed by atoms with Crippen molar-refractivity contribution in [2.24, 2.45) is 0 Å². The molecule has 3 N–H and O–H groups in total. The number of hydrogen-bond acceptors (Lipinski definition) is 5. The number of methoxy groups -OCH3 is 1. The van der Waals surface area contributed by atoms with Gasteiger partial charge >= 0.3 is 23.0 Å². The second-order valence-corrected chi connectivity index (χ2v) is 2.86. The van der Waals surface area contributed by atoms with E-state index in [0.717, 1.165) is 7.11 Å². The quantitative estimate of drug-likeness (QED) is 0.517. The molecule has 0 aliphatic heterocycles. The van der Waals surface area contributed by atoms with E-state index < -0.39 is 35.7 Å². The van der Waals surface area contributed by atoms with Crippen LogP contribution in [0, 0.1) is 0 Å². The maximum absolute atomic E-state index is 11.2. The largest absolute Gasteiger partial charge is 0.479 e. The summed E-state index contributed by atoms with van der Waals surface area (Å²) >= 11 is 0. The molecular weight excluding hydrogens is 222 g/mol. The van der Waals surface area contributed by atoms with Crippen LogP contribution in [0.3, 0.4) is 0 Å². The number of carbonyl (C=O) groups is 1. The number of hydrogen-bond donors (Lipinski definition) is 3. The fourth-order valence-corrected chi connectivity index (χ4v) is 1.04. The summed E-state index contributed by atoms with van der Waals surface area (Å²) in [7, 11) is 1.13. The molecule has 0 aliphatic rings. The van der Waals surface area contributed by atoms with Gasteiger partial charge in [0.05, 0.1) is 6.54 Å². The zero-order chi connectivity index (χ0) is 12.3. The van der Waals surface area contributed by atoms with Crippen LogP contribution in [0.2, 0.25) is 0 Å². The van der Waals surface area contributed by atoms with Crippen molar-refractivity contribution < 1.29 is 14.6 Å². The first-order valence-corrected chi connectivity index (χ1v) is 4.14. The van der Waals surface area contributed by atoms with Crippen molar-refractivity contribution in [2.45, 2.75) is 12.6 Å². The molecule has 0 aliphatic carbocycles. The minimum Gasteiger partial charge on any atom is -0.479 e. The number of H-pyrrole nitrogens is 2. The van der Waals surface area contributed by atoms with E-state index in [9.17, 15) is 19.2 Å². The van der Waals surface area contributed by atoms with Crippen LogP contribution in [0.15, 0.2) is 14.4 Å². The number of carboxylic acids is 1. The van der Waals surface area contributed by atoms with E-state index in [1.807, 2.05) is 0 Å². The summed E-state index contributed by atoms with van der Waals surface area (Å²) in [5.41, 5.74) is -2.93. The first-order chi connectivity index (χ1) is 7.45. The van der Waals surface area contributed by atoms with Crippen LogP contribution in [-0.4, -0.2) is 38.8 Å². The molecule has 16 heavy (non-hydrogen) atoms. The topological polar surface area (TPSA) is 134 Å². The number of carboxylic acid groups (broad SMARTS) is 1. The molecule has 88 valence electrons. The first kappa shape index (κ1) is 11.9. The van der Waals surface area contributed by atoms with E-state index in [-0.39, 0.29) is 0 Å². The van der Waals surface area contributed by atoms with Gasteiger partial charge in [-0.2, -0.15) is 0 Å². The van der Waals surface area contributed by atoms with E-state index in [2.05, 4.69) is 4.74 Å². The van der Waals surface area contributed by atoms with Gasteiger partial charge in [0.15, 0.2) is 6.10 Å². The van der Waals surface area contributed by atoms with Crippen LogP contribution in [0.1, 0.15) is 0 Å². The van der Waals surface area contributed by atoms with Crippen molar-refractivity contribution in [3.8, 4) is 0 Å². The third-order valence-corrected chi connectivity index (χ3v) is 1.84. The lowest BCUT2D eigenvalue weighted by molar-refractivity contribution is -0.149. The molecule has 0 amide bonds. The Hall–Kier alpha value is -2.16. The predicted octanol–water partition coefficient (Wildman–Crippen LogP) is -2.68. The van der Waals surface area contributed by atoms with Gasteiger partial charge in [0.1, 0.15) is 0 Å². The van der Waals surface area contributed by atoms with Gasteiger partial charge in [0.2, 0.25) is 0 Å². The molecule has 9 heteroatoms. The number of aliphatic carboxylic acids is 1. The summed E-state index contributed by atoms with van der Waals surface area (Å²) in [6.45, 7) is -0.489. The second-order valence-electron chi connectivity index (χ2n) is 2.86. The molecule has 0 aromatic carbocycles. The van der Waals surface area contributed by atoms with Crippen LogP contribution < -0.4 is 17.1 Å². The summed E-state index contributed by atoms with van der Waals surface area (Å²) in [5.74, 6) is -1.32. The Morgan fingerprint density at radius 3 is 2.25 bits per heavy atom. The Morgan fingerprint density at radius 2 is 1.88 bits per heavy atom. The van der Waals surface area contributed by atoms with E-state index in [4.69, 9.17) is 5.11 Å². The van der Waals surface area contributed by atoms with Crippen LogP contribution in [-0.2, 0) is 16.1 Å². The molecular formula is C7H9N3O6. The molecule has 0 radical (unpaired) electrons. The Labute approximate surface area is 87.3 Å². The lowest BCUT2D eigenvalue weighted by atomic mass is 10.3. The monoisotopic (exact) mass is 231 g/mol. The summed E-state index contributed by atoms with van der Waals surface area (Å²) < 4.78 is 5.08. The highest BCUT2D eigenvalue weighted by Crippen LogP contribution is 1.91. The Balaban J connectivity index is 3.16. The number of aromatic nitrogens is 3. The number of aromatic amines is 2. The van der Waals surface area contributed by atoms with Crippen molar-refractivity contribution in [1.82, 2.24) is 14.5 Å². The van der Waals surface area contributed by atoms with Crippen molar-refractivity contribution >= 4 is 5.97 Å². The molecule has 9 nitrogen and oxygen atoms in total. The number of nitrogens with one attached hydrogen (secondary N) is 2. The van der Waals surface area contributed by atoms with Crippen LogP contribution in [0.4, 0.5) is 0 Å². The van der Waals surface area contributed by atoms with Gasteiger partial charge in [-0.05, 0) is 0 Å².